The van der Waals surface area contributed by atoms with E-state index in [0.717, 1.165) is 25.0 Å². The molecule has 2 rings (SSSR count). The predicted octanol–water partition coefficient (Wildman–Crippen LogP) is 2.17. The predicted molar refractivity (Wildman–Crippen MR) is 68.6 cm³/mol. The number of ether oxygens (including phenoxy) is 1. The van der Waals surface area contributed by atoms with Gasteiger partial charge in [-0.05, 0) is 38.0 Å². The number of nitrogens with zero attached hydrogens (tertiary/aromatic N) is 1. The van der Waals surface area contributed by atoms with Crippen molar-refractivity contribution in [3.8, 4) is 5.75 Å². The fraction of sp³-hybridized carbons (Fsp3) is 0.500. The van der Waals surface area contributed by atoms with Gasteiger partial charge in [-0.3, -0.25) is 4.79 Å². The van der Waals surface area contributed by atoms with Crippen LogP contribution in [-0.2, 0) is 4.74 Å². The van der Waals surface area contributed by atoms with Crippen molar-refractivity contribution in [3.63, 3.8) is 0 Å². The fourth-order valence-corrected chi connectivity index (χ4v) is 2.34. The van der Waals surface area contributed by atoms with Gasteiger partial charge in [-0.1, -0.05) is 0 Å². The number of rotatable bonds is 3. The first-order valence-electron chi connectivity index (χ1n) is 6.51. The summed E-state index contributed by atoms with van der Waals surface area (Å²) in [5.41, 5.74) is 0.0112. The van der Waals surface area contributed by atoms with Gasteiger partial charge in [0.25, 0.3) is 5.91 Å². The number of phenolic OH excluding ortho intramolecular Hbond substituents is 1. The zero-order valence-corrected chi connectivity index (χ0v) is 10.9. The van der Waals surface area contributed by atoms with Gasteiger partial charge in [0.15, 0.2) is 0 Å². The van der Waals surface area contributed by atoms with E-state index in [1.807, 2.05) is 6.92 Å². The van der Waals surface area contributed by atoms with Gasteiger partial charge < -0.3 is 14.7 Å². The standard InChI is InChI=1S/C14H18FNO3/c1-2-19-11-4-3-7-16(9-11)14(18)12-8-10(15)5-6-13(12)17/h5-6,8,11,17H,2-4,7,9H2,1H3. The first kappa shape index (κ1) is 13.8. The van der Waals surface area contributed by atoms with Gasteiger partial charge in [0, 0.05) is 19.7 Å². The van der Waals surface area contributed by atoms with Crippen LogP contribution in [-0.4, -0.2) is 41.7 Å². The van der Waals surface area contributed by atoms with Crippen LogP contribution in [0.4, 0.5) is 4.39 Å². The van der Waals surface area contributed by atoms with E-state index in [9.17, 15) is 14.3 Å². The summed E-state index contributed by atoms with van der Waals surface area (Å²) >= 11 is 0. The molecule has 0 aliphatic carbocycles. The highest BCUT2D eigenvalue weighted by Crippen LogP contribution is 2.22. The zero-order valence-electron chi connectivity index (χ0n) is 10.9. The minimum atomic E-state index is -0.528. The first-order valence-corrected chi connectivity index (χ1v) is 6.51. The average molecular weight is 267 g/mol. The summed E-state index contributed by atoms with van der Waals surface area (Å²) in [4.78, 5) is 13.9. The minimum absolute atomic E-state index is 0.0112. The lowest BCUT2D eigenvalue weighted by atomic mass is 10.1. The van der Waals surface area contributed by atoms with Crippen molar-refractivity contribution in [2.24, 2.45) is 0 Å². The summed E-state index contributed by atoms with van der Waals surface area (Å²) in [7, 11) is 0. The molecule has 1 fully saturated rings. The highest BCUT2D eigenvalue weighted by atomic mass is 19.1. The van der Waals surface area contributed by atoms with Crippen LogP contribution in [0, 0.1) is 5.82 Å². The highest BCUT2D eigenvalue weighted by Gasteiger charge is 2.26. The Hall–Kier alpha value is -1.62. The molecule has 104 valence electrons. The molecule has 1 unspecified atom stereocenters. The molecular weight excluding hydrogens is 249 g/mol. The molecule has 1 N–H and O–H groups in total. The van der Waals surface area contributed by atoms with Crippen molar-refractivity contribution in [2.45, 2.75) is 25.9 Å². The van der Waals surface area contributed by atoms with E-state index in [4.69, 9.17) is 4.74 Å². The monoisotopic (exact) mass is 267 g/mol. The second-order valence-electron chi connectivity index (χ2n) is 4.63. The van der Waals surface area contributed by atoms with Gasteiger partial charge in [-0.2, -0.15) is 0 Å². The van der Waals surface area contributed by atoms with Crippen molar-refractivity contribution < 1.29 is 19.0 Å². The molecule has 0 spiro atoms. The molecule has 1 aromatic carbocycles. The number of halogens is 1. The molecule has 1 heterocycles. The molecule has 1 aliphatic heterocycles. The lowest BCUT2D eigenvalue weighted by Gasteiger charge is -2.32. The number of benzene rings is 1. The van der Waals surface area contributed by atoms with Gasteiger partial charge in [0.05, 0.1) is 11.7 Å². The smallest absolute Gasteiger partial charge is 0.257 e. The number of aromatic hydroxyl groups is 1. The van der Waals surface area contributed by atoms with E-state index < -0.39 is 5.82 Å². The summed E-state index contributed by atoms with van der Waals surface area (Å²) in [6, 6.07) is 3.40. The van der Waals surface area contributed by atoms with Crippen molar-refractivity contribution in [1.29, 1.82) is 0 Å². The number of piperidine rings is 1. The van der Waals surface area contributed by atoms with Gasteiger partial charge >= 0.3 is 0 Å². The third-order valence-electron chi connectivity index (χ3n) is 3.26. The number of likely N-dealkylation sites (tertiary alicyclic amines) is 1. The van der Waals surface area contributed by atoms with E-state index >= 15 is 0 Å². The van der Waals surface area contributed by atoms with Crippen LogP contribution in [0.5, 0.6) is 5.75 Å². The Morgan fingerprint density at radius 2 is 2.37 bits per heavy atom. The van der Waals surface area contributed by atoms with Crippen LogP contribution in [0.1, 0.15) is 30.1 Å². The molecule has 1 aliphatic rings. The number of phenols is 1. The fourth-order valence-electron chi connectivity index (χ4n) is 2.34. The molecule has 1 aromatic rings. The molecular formula is C14H18FNO3. The van der Waals surface area contributed by atoms with Gasteiger partial charge in [-0.15, -0.1) is 0 Å². The molecule has 1 atom stereocenters. The molecule has 19 heavy (non-hydrogen) atoms. The summed E-state index contributed by atoms with van der Waals surface area (Å²) in [5.74, 6) is -1.06. The van der Waals surface area contributed by atoms with E-state index in [0.29, 0.717) is 19.7 Å². The first-order chi connectivity index (χ1) is 9.11. The van der Waals surface area contributed by atoms with Gasteiger partial charge in [0.1, 0.15) is 11.6 Å². The second kappa shape index (κ2) is 6.02. The molecule has 0 aromatic heterocycles. The quantitative estimate of drug-likeness (QED) is 0.913. The maximum Gasteiger partial charge on any atom is 0.257 e. The largest absolute Gasteiger partial charge is 0.507 e. The van der Waals surface area contributed by atoms with E-state index in [-0.39, 0.29) is 23.3 Å². The number of hydrogen-bond donors (Lipinski definition) is 1. The van der Waals surface area contributed by atoms with Crippen LogP contribution in [0.3, 0.4) is 0 Å². The highest BCUT2D eigenvalue weighted by molar-refractivity contribution is 5.96. The van der Waals surface area contributed by atoms with E-state index in [2.05, 4.69) is 0 Å². The maximum atomic E-state index is 13.2. The normalized spacial score (nSPS) is 19.5. The number of amides is 1. The Bertz CT molecular complexity index is 462. The Morgan fingerprint density at radius 1 is 1.58 bits per heavy atom. The summed E-state index contributed by atoms with van der Waals surface area (Å²) in [6.07, 6.45) is 1.80. The molecule has 1 saturated heterocycles. The van der Waals surface area contributed by atoms with Crippen molar-refractivity contribution in [3.05, 3.63) is 29.6 Å². The third-order valence-corrected chi connectivity index (χ3v) is 3.26. The summed E-state index contributed by atoms with van der Waals surface area (Å²) in [6.45, 7) is 3.62. The number of carbonyl (C=O) groups is 1. The molecule has 0 saturated carbocycles. The zero-order chi connectivity index (χ0) is 13.8. The Balaban J connectivity index is 2.12. The topological polar surface area (TPSA) is 49.8 Å². The Kier molecular flexibility index (Phi) is 4.37. The van der Waals surface area contributed by atoms with Crippen LogP contribution in [0.2, 0.25) is 0 Å². The molecule has 0 bridgehead atoms. The average Bonchev–Trinajstić information content (AvgIpc) is 2.41. The maximum absolute atomic E-state index is 13.2. The second-order valence-corrected chi connectivity index (χ2v) is 4.63. The number of carbonyl (C=O) groups excluding carboxylic acids is 1. The summed E-state index contributed by atoms with van der Waals surface area (Å²) in [5, 5.41) is 9.66. The lowest BCUT2D eigenvalue weighted by molar-refractivity contribution is 0.00712. The number of hydrogen-bond acceptors (Lipinski definition) is 3. The minimum Gasteiger partial charge on any atom is -0.507 e. The van der Waals surface area contributed by atoms with Crippen molar-refractivity contribution in [2.75, 3.05) is 19.7 Å². The Labute approximate surface area is 111 Å². The molecule has 0 radical (unpaired) electrons. The van der Waals surface area contributed by atoms with E-state index in [1.165, 1.54) is 6.07 Å². The lowest BCUT2D eigenvalue weighted by Crippen LogP contribution is -2.43. The Morgan fingerprint density at radius 3 is 3.11 bits per heavy atom. The van der Waals surface area contributed by atoms with Crippen LogP contribution in [0.15, 0.2) is 18.2 Å². The van der Waals surface area contributed by atoms with Gasteiger partial charge in [0.2, 0.25) is 0 Å². The molecule has 5 heteroatoms. The molecule has 1 amide bonds. The van der Waals surface area contributed by atoms with E-state index in [1.54, 1.807) is 4.90 Å². The third kappa shape index (κ3) is 3.23. The molecule has 4 nitrogen and oxygen atoms in total. The van der Waals surface area contributed by atoms with Crippen molar-refractivity contribution >= 4 is 5.91 Å². The van der Waals surface area contributed by atoms with Crippen molar-refractivity contribution in [1.82, 2.24) is 4.90 Å². The van der Waals surface area contributed by atoms with Gasteiger partial charge in [-0.25, -0.2) is 4.39 Å². The SMILES string of the molecule is CCOC1CCCN(C(=O)c2cc(F)ccc2O)C1. The summed E-state index contributed by atoms with van der Waals surface area (Å²) < 4.78 is 18.7. The van der Waals surface area contributed by atoms with Crippen LogP contribution >= 0.6 is 0 Å². The van der Waals surface area contributed by atoms with Crippen LogP contribution in [0.25, 0.3) is 0 Å². The van der Waals surface area contributed by atoms with Crippen LogP contribution < -0.4 is 0 Å².